The molecule has 0 saturated heterocycles. The summed E-state index contributed by atoms with van der Waals surface area (Å²) < 4.78 is 24.9. The molecule has 1 aliphatic rings. The van der Waals surface area contributed by atoms with E-state index in [-0.39, 0.29) is 24.8 Å². The average molecular weight is 478 g/mol. The molecule has 3 aromatic rings. The van der Waals surface area contributed by atoms with Gasteiger partial charge in [0.1, 0.15) is 18.2 Å². The number of hydrogen-bond donors (Lipinski definition) is 2. The molecule has 0 bridgehead atoms. The second-order valence-corrected chi connectivity index (χ2v) is 10.1. The first-order valence-electron chi connectivity index (χ1n) is 11.7. The van der Waals surface area contributed by atoms with E-state index in [9.17, 15) is 14.3 Å². The molecule has 184 valence electrons. The molecule has 0 amide bonds. The van der Waals surface area contributed by atoms with Gasteiger partial charge in [-0.1, -0.05) is 44.2 Å². The molecule has 2 unspecified atom stereocenters. The lowest BCUT2D eigenvalue weighted by atomic mass is 9.69. The third-order valence-corrected chi connectivity index (χ3v) is 7.04. The summed E-state index contributed by atoms with van der Waals surface area (Å²) in [5, 5.41) is 12.3. The number of esters is 1. The minimum Gasteiger partial charge on any atom is -0.496 e. The van der Waals surface area contributed by atoms with Gasteiger partial charge in [0.25, 0.3) is 0 Å². The fraction of sp³-hybridized carbons (Fsp3) is 0.345. The van der Waals surface area contributed by atoms with Gasteiger partial charge < -0.3 is 20.3 Å². The minimum absolute atomic E-state index is 0.191. The molecule has 0 fully saturated rings. The van der Waals surface area contributed by atoms with Gasteiger partial charge in [-0.25, -0.2) is 9.18 Å². The Bertz CT molecular complexity index is 1260. The fourth-order valence-corrected chi connectivity index (χ4v) is 5.15. The van der Waals surface area contributed by atoms with E-state index in [2.05, 4.69) is 0 Å². The van der Waals surface area contributed by atoms with Crippen molar-refractivity contribution in [1.82, 2.24) is 0 Å². The molecular weight excluding hydrogens is 445 g/mol. The lowest BCUT2D eigenvalue weighted by molar-refractivity contribution is -0.0121. The molecule has 2 atom stereocenters. The van der Waals surface area contributed by atoms with Gasteiger partial charge >= 0.3 is 5.97 Å². The van der Waals surface area contributed by atoms with Crippen LogP contribution >= 0.6 is 0 Å². The highest BCUT2D eigenvalue weighted by molar-refractivity contribution is 5.93. The number of methoxy groups -OCH3 is 1. The maximum absolute atomic E-state index is 14.2. The molecule has 0 aromatic heterocycles. The quantitative estimate of drug-likeness (QED) is 0.438. The number of carbonyl (C=O) groups is 1. The summed E-state index contributed by atoms with van der Waals surface area (Å²) in [4.78, 5) is 11.9. The summed E-state index contributed by atoms with van der Waals surface area (Å²) in [6.07, 6.45) is 0.538. The predicted molar refractivity (Wildman–Crippen MR) is 133 cm³/mol. The molecule has 5 nitrogen and oxygen atoms in total. The van der Waals surface area contributed by atoms with Crippen molar-refractivity contribution < 1.29 is 23.8 Å². The first-order chi connectivity index (χ1) is 16.5. The second-order valence-electron chi connectivity index (χ2n) is 10.1. The topological polar surface area (TPSA) is 81.8 Å². The van der Waals surface area contributed by atoms with Crippen LogP contribution in [0.4, 0.5) is 4.39 Å². The third kappa shape index (κ3) is 4.95. The highest BCUT2D eigenvalue weighted by atomic mass is 19.1. The number of aryl methyl sites for hydroxylation is 1. The Morgan fingerprint density at radius 3 is 2.60 bits per heavy atom. The van der Waals surface area contributed by atoms with Crippen LogP contribution in [0.3, 0.4) is 0 Å². The van der Waals surface area contributed by atoms with E-state index >= 15 is 0 Å². The van der Waals surface area contributed by atoms with Crippen molar-refractivity contribution in [1.29, 1.82) is 0 Å². The SMILES string of the molecule is COc1ccc(F)cc1C(C)(C)CC(O)(Cc1ccccc1C)C(N)c1ccc2c(c1)COC2=O. The van der Waals surface area contributed by atoms with Crippen LogP contribution in [-0.4, -0.2) is 23.8 Å². The Morgan fingerprint density at radius 1 is 1.14 bits per heavy atom. The molecule has 0 radical (unpaired) electrons. The molecule has 35 heavy (non-hydrogen) atoms. The van der Waals surface area contributed by atoms with Gasteiger partial charge in [0.05, 0.1) is 24.3 Å². The van der Waals surface area contributed by atoms with Crippen LogP contribution in [0.2, 0.25) is 0 Å². The zero-order chi connectivity index (χ0) is 25.4. The Balaban J connectivity index is 1.77. The third-order valence-electron chi connectivity index (χ3n) is 7.04. The van der Waals surface area contributed by atoms with Crippen LogP contribution < -0.4 is 10.5 Å². The summed E-state index contributed by atoms with van der Waals surface area (Å²) >= 11 is 0. The second kappa shape index (κ2) is 9.44. The van der Waals surface area contributed by atoms with Gasteiger partial charge in [0, 0.05) is 17.5 Å². The van der Waals surface area contributed by atoms with Gasteiger partial charge in [0.2, 0.25) is 0 Å². The van der Waals surface area contributed by atoms with Crippen LogP contribution in [0.15, 0.2) is 60.7 Å². The Morgan fingerprint density at radius 2 is 1.89 bits per heavy atom. The lowest BCUT2D eigenvalue weighted by Crippen LogP contribution is -2.47. The molecule has 1 aliphatic heterocycles. The number of carbonyl (C=O) groups excluding carboxylic acids is 1. The van der Waals surface area contributed by atoms with Crippen molar-refractivity contribution in [3.63, 3.8) is 0 Å². The van der Waals surface area contributed by atoms with Gasteiger partial charge in [-0.2, -0.15) is 0 Å². The lowest BCUT2D eigenvalue weighted by Gasteiger charge is -2.41. The summed E-state index contributed by atoms with van der Waals surface area (Å²) in [6.45, 7) is 6.10. The smallest absolute Gasteiger partial charge is 0.338 e. The molecule has 1 heterocycles. The largest absolute Gasteiger partial charge is 0.496 e. The number of hydrogen-bond acceptors (Lipinski definition) is 5. The Kier molecular flexibility index (Phi) is 6.71. The van der Waals surface area contributed by atoms with Crippen molar-refractivity contribution in [3.05, 3.63) is 99.9 Å². The number of rotatable bonds is 8. The summed E-state index contributed by atoms with van der Waals surface area (Å²) in [7, 11) is 1.55. The van der Waals surface area contributed by atoms with E-state index in [1.54, 1.807) is 25.3 Å². The van der Waals surface area contributed by atoms with Crippen molar-refractivity contribution >= 4 is 5.97 Å². The maximum Gasteiger partial charge on any atom is 0.338 e. The minimum atomic E-state index is -1.40. The number of fused-ring (bicyclic) bond motifs is 1. The molecule has 3 aromatic carbocycles. The molecule has 0 spiro atoms. The Hall–Kier alpha value is -3.22. The monoisotopic (exact) mass is 477 g/mol. The van der Waals surface area contributed by atoms with Gasteiger partial charge in [-0.05, 0) is 65.8 Å². The van der Waals surface area contributed by atoms with Crippen LogP contribution in [0, 0.1) is 12.7 Å². The average Bonchev–Trinajstić information content (AvgIpc) is 3.19. The van der Waals surface area contributed by atoms with Gasteiger partial charge in [0.15, 0.2) is 0 Å². The van der Waals surface area contributed by atoms with E-state index in [0.717, 1.165) is 16.7 Å². The number of cyclic esters (lactones) is 1. The van der Waals surface area contributed by atoms with Crippen molar-refractivity contribution in [2.45, 2.75) is 57.3 Å². The van der Waals surface area contributed by atoms with E-state index in [1.807, 2.05) is 51.1 Å². The normalized spacial score (nSPS) is 15.8. The van der Waals surface area contributed by atoms with Crippen molar-refractivity contribution in [2.24, 2.45) is 5.73 Å². The van der Waals surface area contributed by atoms with Crippen molar-refractivity contribution in [3.8, 4) is 5.75 Å². The van der Waals surface area contributed by atoms with E-state index in [0.29, 0.717) is 28.9 Å². The molecule has 0 saturated carbocycles. The molecule has 6 heteroatoms. The van der Waals surface area contributed by atoms with Crippen molar-refractivity contribution in [2.75, 3.05) is 7.11 Å². The van der Waals surface area contributed by atoms with Crippen LogP contribution in [0.25, 0.3) is 0 Å². The zero-order valence-electron chi connectivity index (χ0n) is 20.6. The summed E-state index contributed by atoms with van der Waals surface area (Å²) in [6, 6.07) is 16.8. The highest BCUT2D eigenvalue weighted by Crippen LogP contribution is 2.43. The summed E-state index contributed by atoms with van der Waals surface area (Å²) in [5.74, 6) is -0.171. The standard InChI is InChI=1S/C29H32FNO4/c1-18-7-5-6-8-20(18)15-29(33,17-28(2,3)24-14-22(30)10-12-25(24)34-4)26(31)19-9-11-23-21(13-19)16-35-27(23)32/h5-14,26,33H,15-17,31H2,1-4H3. The van der Waals surface area contributed by atoms with Crippen LogP contribution in [-0.2, 0) is 23.2 Å². The molecule has 0 aliphatic carbocycles. The summed E-state index contributed by atoms with van der Waals surface area (Å²) in [5.41, 5.74) is 9.39. The van der Waals surface area contributed by atoms with E-state index < -0.39 is 17.1 Å². The molecular formula is C29H32FNO4. The highest BCUT2D eigenvalue weighted by Gasteiger charge is 2.43. The van der Waals surface area contributed by atoms with Gasteiger partial charge in [-0.15, -0.1) is 0 Å². The van der Waals surface area contributed by atoms with E-state index in [1.165, 1.54) is 12.1 Å². The first kappa shape index (κ1) is 24.9. The molecule has 3 N–H and O–H groups in total. The maximum atomic E-state index is 14.2. The van der Waals surface area contributed by atoms with Crippen LogP contribution in [0.5, 0.6) is 5.75 Å². The van der Waals surface area contributed by atoms with E-state index in [4.69, 9.17) is 15.2 Å². The Labute approximate surface area is 205 Å². The number of benzene rings is 3. The number of ether oxygens (including phenoxy) is 2. The number of nitrogens with two attached hydrogens (primary N) is 1. The van der Waals surface area contributed by atoms with Crippen LogP contribution in [0.1, 0.15) is 64.5 Å². The predicted octanol–water partition coefficient (Wildman–Crippen LogP) is 5.15. The number of aliphatic hydroxyl groups is 1. The van der Waals surface area contributed by atoms with Gasteiger partial charge in [-0.3, -0.25) is 0 Å². The fourth-order valence-electron chi connectivity index (χ4n) is 5.15. The first-order valence-corrected chi connectivity index (χ1v) is 11.7. The number of halogens is 1. The molecule has 4 rings (SSSR count). The zero-order valence-corrected chi connectivity index (χ0v) is 20.6.